The van der Waals surface area contributed by atoms with Crippen molar-refractivity contribution in [2.75, 3.05) is 29.5 Å². The van der Waals surface area contributed by atoms with Crippen molar-refractivity contribution in [2.24, 2.45) is 5.92 Å². The number of carbonyl (C=O) groups is 1. The van der Waals surface area contributed by atoms with Gasteiger partial charge in [0, 0.05) is 6.04 Å². The van der Waals surface area contributed by atoms with Crippen LogP contribution < -0.4 is 4.90 Å². The van der Waals surface area contributed by atoms with Gasteiger partial charge < -0.3 is 4.90 Å². The van der Waals surface area contributed by atoms with Crippen molar-refractivity contribution in [3.63, 3.8) is 0 Å². The van der Waals surface area contributed by atoms with Crippen molar-refractivity contribution in [3.8, 4) is 0 Å². The molecular weight excluding hydrogens is 388 g/mol. The van der Waals surface area contributed by atoms with Gasteiger partial charge in [0.15, 0.2) is 0 Å². The van der Waals surface area contributed by atoms with Crippen LogP contribution in [0.4, 0.5) is 11.4 Å². The second kappa shape index (κ2) is 9.15. The van der Waals surface area contributed by atoms with Crippen LogP contribution in [-0.2, 0) is 17.6 Å². The minimum atomic E-state index is 0.220. The van der Waals surface area contributed by atoms with Crippen molar-refractivity contribution in [1.29, 1.82) is 0 Å². The predicted molar refractivity (Wildman–Crippen MR) is 127 cm³/mol. The summed E-state index contributed by atoms with van der Waals surface area (Å²) < 4.78 is 0. The Hall–Kier alpha value is -1.78. The Morgan fingerprint density at radius 2 is 1.53 bits per heavy atom. The van der Waals surface area contributed by atoms with Crippen LogP contribution in [0.1, 0.15) is 43.2 Å². The molecule has 0 radical (unpaired) electrons. The van der Waals surface area contributed by atoms with Gasteiger partial charge in [0.2, 0.25) is 5.91 Å². The monoisotopic (exact) mass is 420 g/mol. The maximum Gasteiger partial charge on any atom is 0.241 e. The first kappa shape index (κ1) is 20.1. The van der Waals surface area contributed by atoms with E-state index in [0.29, 0.717) is 5.75 Å². The van der Waals surface area contributed by atoms with E-state index in [0.717, 1.165) is 41.9 Å². The lowest BCUT2D eigenvalue weighted by Crippen LogP contribution is -2.48. The first-order valence-corrected chi connectivity index (χ1v) is 12.8. The largest absolute Gasteiger partial charge is 0.300 e. The van der Waals surface area contributed by atoms with E-state index in [4.69, 9.17) is 0 Å². The molecule has 158 valence electrons. The number of nitrogens with zero attached hydrogens (tertiary/aromatic N) is 2. The van der Waals surface area contributed by atoms with E-state index in [1.807, 2.05) is 16.7 Å². The van der Waals surface area contributed by atoms with Crippen molar-refractivity contribution in [3.05, 3.63) is 59.7 Å². The summed E-state index contributed by atoms with van der Waals surface area (Å²) in [6.07, 6.45) is 8.73. The number of amides is 1. The zero-order valence-electron chi connectivity index (χ0n) is 17.8. The molecule has 0 spiro atoms. The summed E-state index contributed by atoms with van der Waals surface area (Å²) in [5.41, 5.74) is 4.70. The summed E-state index contributed by atoms with van der Waals surface area (Å²) in [5, 5.41) is 0. The quantitative estimate of drug-likeness (QED) is 0.657. The van der Waals surface area contributed by atoms with E-state index in [9.17, 15) is 4.79 Å². The minimum absolute atomic E-state index is 0.220. The van der Waals surface area contributed by atoms with E-state index in [-0.39, 0.29) is 5.91 Å². The number of rotatable bonds is 4. The third-order valence-corrected chi connectivity index (χ3v) is 8.28. The van der Waals surface area contributed by atoms with Gasteiger partial charge in [0.1, 0.15) is 0 Å². The highest BCUT2D eigenvalue weighted by Gasteiger charge is 2.33. The van der Waals surface area contributed by atoms with Crippen LogP contribution in [0.3, 0.4) is 0 Å². The van der Waals surface area contributed by atoms with Crippen molar-refractivity contribution in [1.82, 2.24) is 4.90 Å². The maximum absolute atomic E-state index is 13.5. The molecular formula is C26H32N2OS. The number of fused-ring (bicyclic) bond motifs is 3. The molecule has 0 aromatic heterocycles. The molecule has 2 atom stereocenters. The Kier molecular flexibility index (Phi) is 6.14. The predicted octanol–water partition coefficient (Wildman–Crippen LogP) is 5.45. The molecule has 0 N–H and O–H groups in total. The lowest BCUT2D eigenvalue weighted by atomic mass is 9.85. The second-order valence-electron chi connectivity index (χ2n) is 9.00. The van der Waals surface area contributed by atoms with Crippen molar-refractivity contribution >= 4 is 29.0 Å². The van der Waals surface area contributed by atoms with Gasteiger partial charge in [-0.25, -0.2) is 0 Å². The van der Waals surface area contributed by atoms with E-state index < -0.39 is 0 Å². The van der Waals surface area contributed by atoms with E-state index in [1.165, 1.54) is 56.3 Å². The van der Waals surface area contributed by atoms with Crippen LogP contribution in [0.25, 0.3) is 0 Å². The first-order valence-electron chi connectivity index (χ1n) is 11.6. The van der Waals surface area contributed by atoms with Gasteiger partial charge in [-0.05, 0) is 86.5 Å². The fourth-order valence-electron chi connectivity index (χ4n) is 5.68. The normalized spacial score (nSPS) is 23.8. The number of hydrogen-bond acceptors (Lipinski definition) is 3. The number of carbonyl (C=O) groups excluding carboxylic acids is 1. The molecule has 3 aliphatic rings. The summed E-state index contributed by atoms with van der Waals surface area (Å²) in [7, 11) is 0. The maximum atomic E-state index is 13.5. The topological polar surface area (TPSA) is 23.6 Å². The fraction of sp³-hybridized carbons (Fsp3) is 0.500. The number of hydrogen-bond donors (Lipinski definition) is 0. The van der Waals surface area contributed by atoms with Gasteiger partial charge in [-0.2, -0.15) is 11.8 Å². The number of piperidine rings is 2. The molecule has 0 aliphatic carbocycles. The average molecular weight is 421 g/mol. The fourth-order valence-corrected chi connectivity index (χ4v) is 6.80. The number of anilines is 2. The molecule has 3 aliphatic heterocycles. The molecule has 4 heteroatoms. The Morgan fingerprint density at radius 1 is 0.867 bits per heavy atom. The summed E-state index contributed by atoms with van der Waals surface area (Å²) in [6, 6.07) is 17.6. The number of para-hydroxylation sites is 2. The second-order valence-corrected chi connectivity index (χ2v) is 10.0. The highest BCUT2D eigenvalue weighted by Crippen LogP contribution is 2.37. The minimum Gasteiger partial charge on any atom is -0.300 e. The first-order chi connectivity index (χ1) is 14.8. The summed E-state index contributed by atoms with van der Waals surface area (Å²) in [5.74, 6) is 2.65. The summed E-state index contributed by atoms with van der Waals surface area (Å²) >= 11 is 1.86. The molecule has 0 saturated carbocycles. The van der Waals surface area contributed by atoms with Crippen LogP contribution in [0.5, 0.6) is 0 Å². The van der Waals surface area contributed by atoms with Crippen LogP contribution in [0.2, 0.25) is 0 Å². The van der Waals surface area contributed by atoms with E-state index in [1.54, 1.807) is 0 Å². The zero-order valence-corrected chi connectivity index (χ0v) is 18.6. The van der Waals surface area contributed by atoms with Crippen molar-refractivity contribution in [2.45, 2.75) is 51.0 Å². The molecule has 1 amide bonds. The molecule has 0 unspecified atom stereocenters. The Labute approximate surface area is 184 Å². The van der Waals surface area contributed by atoms with Gasteiger partial charge in [0.25, 0.3) is 0 Å². The molecule has 2 aromatic carbocycles. The third-order valence-electron chi connectivity index (χ3n) is 7.16. The van der Waals surface area contributed by atoms with Crippen molar-refractivity contribution < 1.29 is 4.79 Å². The lowest BCUT2D eigenvalue weighted by molar-refractivity contribution is -0.115. The number of aryl methyl sites for hydroxylation is 2. The van der Waals surface area contributed by atoms with Crippen LogP contribution >= 0.6 is 11.8 Å². The standard InChI is InChI=1S/C26H32N2OS/c29-26(19-30-18-22-10-7-17-27-16-6-5-11-23(22)27)28-24-12-3-1-8-20(24)14-15-21-9-2-4-13-25(21)28/h1-4,8-9,12-13,22-23H,5-7,10-11,14-19H2/t22-,23+/m0/s1. The number of thioether (sulfide) groups is 1. The van der Waals surface area contributed by atoms with Crippen LogP contribution in [-0.4, -0.2) is 41.4 Å². The Bertz CT molecular complexity index is 849. The molecule has 2 saturated heterocycles. The highest BCUT2D eigenvalue weighted by atomic mass is 32.2. The highest BCUT2D eigenvalue weighted by molar-refractivity contribution is 7.99. The lowest BCUT2D eigenvalue weighted by Gasteiger charge is -2.44. The summed E-state index contributed by atoms with van der Waals surface area (Å²) in [4.78, 5) is 18.2. The average Bonchev–Trinajstić information content (AvgIpc) is 2.96. The van der Waals surface area contributed by atoms with E-state index >= 15 is 0 Å². The van der Waals surface area contributed by atoms with Gasteiger partial charge in [-0.1, -0.05) is 42.8 Å². The van der Waals surface area contributed by atoms with Gasteiger partial charge >= 0.3 is 0 Å². The SMILES string of the molecule is O=C(CSC[C@@H]1CCCN2CCCC[C@H]12)N1c2ccccc2CCc2ccccc21. The van der Waals surface area contributed by atoms with E-state index in [2.05, 4.69) is 53.4 Å². The van der Waals surface area contributed by atoms with Crippen LogP contribution in [0, 0.1) is 5.92 Å². The Morgan fingerprint density at radius 3 is 2.27 bits per heavy atom. The van der Waals surface area contributed by atoms with Gasteiger partial charge in [0.05, 0.1) is 17.1 Å². The molecule has 0 bridgehead atoms. The van der Waals surface area contributed by atoms with Gasteiger partial charge in [-0.15, -0.1) is 0 Å². The third kappa shape index (κ3) is 4.04. The molecule has 30 heavy (non-hydrogen) atoms. The smallest absolute Gasteiger partial charge is 0.241 e. The Balaban J connectivity index is 1.30. The molecule has 3 nitrogen and oxygen atoms in total. The van der Waals surface area contributed by atoms with Crippen LogP contribution in [0.15, 0.2) is 48.5 Å². The molecule has 2 fully saturated rings. The molecule has 2 aromatic rings. The molecule has 3 heterocycles. The summed E-state index contributed by atoms with van der Waals surface area (Å²) in [6.45, 7) is 2.57. The van der Waals surface area contributed by atoms with Gasteiger partial charge in [-0.3, -0.25) is 9.69 Å². The zero-order chi connectivity index (χ0) is 20.3. The number of benzene rings is 2. The molecule has 5 rings (SSSR count).